The molecule has 0 saturated heterocycles. The fourth-order valence-corrected chi connectivity index (χ4v) is 2.49. The van der Waals surface area contributed by atoms with Crippen molar-refractivity contribution in [1.82, 2.24) is 4.90 Å². The summed E-state index contributed by atoms with van der Waals surface area (Å²) in [7, 11) is 2.10. The zero-order valence-corrected chi connectivity index (χ0v) is 12.2. The van der Waals surface area contributed by atoms with Crippen molar-refractivity contribution < 1.29 is 9.47 Å². The Morgan fingerprint density at radius 1 is 1.37 bits per heavy atom. The molecule has 0 N–H and O–H groups in total. The monoisotopic (exact) mass is 283 g/mol. The van der Waals surface area contributed by atoms with Gasteiger partial charge in [-0.15, -0.1) is 11.6 Å². The van der Waals surface area contributed by atoms with Gasteiger partial charge in [0, 0.05) is 19.0 Å². The van der Waals surface area contributed by atoms with Gasteiger partial charge in [0.1, 0.15) is 0 Å². The Hall–Kier alpha value is -0.610. The molecule has 4 heteroatoms. The average molecular weight is 284 g/mol. The smallest absolute Gasteiger partial charge is 0.0954 e. The van der Waals surface area contributed by atoms with Gasteiger partial charge in [-0.3, -0.25) is 0 Å². The molecule has 0 spiro atoms. The second kappa shape index (κ2) is 7.85. The van der Waals surface area contributed by atoms with Crippen molar-refractivity contribution in [3.05, 3.63) is 35.4 Å². The van der Waals surface area contributed by atoms with E-state index in [0.717, 1.165) is 32.7 Å². The van der Waals surface area contributed by atoms with Gasteiger partial charge in [-0.2, -0.15) is 0 Å². The highest BCUT2D eigenvalue weighted by molar-refractivity contribution is 6.17. The third-order valence-corrected chi connectivity index (χ3v) is 3.56. The number of nitrogens with zero attached hydrogens (tertiary/aromatic N) is 1. The molecule has 1 aliphatic rings. The molecule has 0 radical (unpaired) electrons. The first-order valence-electron chi connectivity index (χ1n) is 6.83. The van der Waals surface area contributed by atoms with E-state index in [0.29, 0.717) is 12.5 Å². The lowest BCUT2D eigenvalue weighted by Crippen LogP contribution is -2.31. The van der Waals surface area contributed by atoms with Crippen LogP contribution >= 0.6 is 11.6 Å². The maximum absolute atomic E-state index is 5.90. The Morgan fingerprint density at radius 2 is 2.21 bits per heavy atom. The minimum absolute atomic E-state index is 0.183. The zero-order chi connectivity index (χ0) is 13.5. The van der Waals surface area contributed by atoms with E-state index in [2.05, 4.69) is 36.2 Å². The molecule has 1 heterocycles. The van der Waals surface area contributed by atoms with E-state index in [1.165, 1.54) is 11.1 Å². The van der Waals surface area contributed by atoms with Gasteiger partial charge in [0.2, 0.25) is 0 Å². The first kappa shape index (κ1) is 14.8. The lowest BCUT2D eigenvalue weighted by molar-refractivity contribution is 0.0154. The Kier molecular flexibility index (Phi) is 6.11. The standard InChI is InChI=1S/C15H22ClNO2/c1-17(8-11-18-10-7-16)12-15-14-5-3-2-4-13(14)6-9-19-15/h2-5,15H,6-12H2,1H3. The van der Waals surface area contributed by atoms with Crippen LogP contribution in [0.4, 0.5) is 0 Å². The molecule has 1 unspecified atom stereocenters. The number of ether oxygens (including phenoxy) is 2. The Balaban J connectivity index is 1.83. The number of alkyl halides is 1. The van der Waals surface area contributed by atoms with Crippen molar-refractivity contribution in [3.63, 3.8) is 0 Å². The van der Waals surface area contributed by atoms with Crippen molar-refractivity contribution in [2.24, 2.45) is 0 Å². The highest BCUT2D eigenvalue weighted by Gasteiger charge is 2.21. The molecule has 19 heavy (non-hydrogen) atoms. The zero-order valence-electron chi connectivity index (χ0n) is 11.5. The SMILES string of the molecule is CN(CCOCCCl)CC1OCCc2ccccc21. The number of halogens is 1. The number of benzene rings is 1. The minimum atomic E-state index is 0.183. The van der Waals surface area contributed by atoms with Crippen LogP contribution in [0.15, 0.2) is 24.3 Å². The topological polar surface area (TPSA) is 21.7 Å². The number of hydrogen-bond acceptors (Lipinski definition) is 3. The highest BCUT2D eigenvalue weighted by Crippen LogP contribution is 2.27. The number of likely N-dealkylation sites (N-methyl/N-ethyl adjacent to an activating group) is 1. The Labute approximate surface area is 120 Å². The van der Waals surface area contributed by atoms with Crippen molar-refractivity contribution in [2.75, 3.05) is 45.8 Å². The van der Waals surface area contributed by atoms with Crippen LogP contribution in [0.5, 0.6) is 0 Å². The minimum Gasteiger partial charge on any atom is -0.379 e. The quantitative estimate of drug-likeness (QED) is 0.567. The molecule has 1 aliphatic heterocycles. The van der Waals surface area contributed by atoms with Gasteiger partial charge in [0.15, 0.2) is 0 Å². The maximum atomic E-state index is 5.90. The molecule has 0 aliphatic carbocycles. The van der Waals surface area contributed by atoms with Gasteiger partial charge < -0.3 is 14.4 Å². The molecule has 0 amide bonds. The Morgan fingerprint density at radius 3 is 3.05 bits per heavy atom. The molecule has 0 saturated carbocycles. The molecule has 1 aromatic rings. The maximum Gasteiger partial charge on any atom is 0.0954 e. The second-order valence-corrected chi connectivity index (χ2v) is 5.25. The number of hydrogen-bond donors (Lipinski definition) is 0. The van der Waals surface area contributed by atoms with E-state index in [1.807, 2.05) is 0 Å². The molecule has 0 bridgehead atoms. The second-order valence-electron chi connectivity index (χ2n) is 4.87. The molecule has 3 nitrogen and oxygen atoms in total. The van der Waals surface area contributed by atoms with Gasteiger partial charge in [0.05, 0.1) is 25.9 Å². The van der Waals surface area contributed by atoms with E-state index >= 15 is 0 Å². The molecule has 1 atom stereocenters. The average Bonchev–Trinajstić information content (AvgIpc) is 2.44. The lowest BCUT2D eigenvalue weighted by atomic mass is 9.97. The predicted octanol–water partition coefficient (Wildman–Crippen LogP) is 2.49. The third-order valence-electron chi connectivity index (χ3n) is 3.41. The fraction of sp³-hybridized carbons (Fsp3) is 0.600. The largest absolute Gasteiger partial charge is 0.379 e. The highest BCUT2D eigenvalue weighted by atomic mass is 35.5. The molecule has 0 fully saturated rings. The Bertz CT molecular complexity index is 386. The fourth-order valence-electron chi connectivity index (χ4n) is 2.38. The van der Waals surface area contributed by atoms with Crippen LogP contribution in [0.3, 0.4) is 0 Å². The number of rotatable bonds is 7. The normalized spacial score (nSPS) is 18.6. The van der Waals surface area contributed by atoms with Crippen LogP contribution in [0.25, 0.3) is 0 Å². The summed E-state index contributed by atoms with van der Waals surface area (Å²) in [4.78, 5) is 2.25. The summed E-state index contributed by atoms with van der Waals surface area (Å²) >= 11 is 5.57. The molecule has 106 valence electrons. The first-order valence-corrected chi connectivity index (χ1v) is 7.36. The molecule has 2 rings (SSSR count). The molecular weight excluding hydrogens is 262 g/mol. The van der Waals surface area contributed by atoms with E-state index < -0.39 is 0 Å². The van der Waals surface area contributed by atoms with E-state index in [9.17, 15) is 0 Å². The van der Waals surface area contributed by atoms with Crippen LogP contribution in [-0.2, 0) is 15.9 Å². The summed E-state index contributed by atoms with van der Waals surface area (Å²) in [6, 6.07) is 8.57. The van der Waals surface area contributed by atoms with Gasteiger partial charge in [-0.1, -0.05) is 24.3 Å². The summed E-state index contributed by atoms with van der Waals surface area (Å²) in [6.07, 6.45) is 1.21. The van der Waals surface area contributed by atoms with Crippen LogP contribution < -0.4 is 0 Å². The van der Waals surface area contributed by atoms with Crippen molar-refractivity contribution in [2.45, 2.75) is 12.5 Å². The van der Waals surface area contributed by atoms with Crippen molar-refractivity contribution in [1.29, 1.82) is 0 Å². The summed E-state index contributed by atoms with van der Waals surface area (Å²) in [5, 5.41) is 0. The molecular formula is C15H22ClNO2. The third kappa shape index (κ3) is 4.46. The van der Waals surface area contributed by atoms with Gasteiger partial charge >= 0.3 is 0 Å². The molecule has 0 aromatic heterocycles. The van der Waals surface area contributed by atoms with Gasteiger partial charge in [0.25, 0.3) is 0 Å². The number of fused-ring (bicyclic) bond motifs is 1. The first-order chi connectivity index (χ1) is 9.31. The van der Waals surface area contributed by atoms with Crippen molar-refractivity contribution >= 4 is 11.6 Å². The summed E-state index contributed by atoms with van der Waals surface area (Å²) in [5.41, 5.74) is 2.76. The van der Waals surface area contributed by atoms with Crippen LogP contribution in [0.2, 0.25) is 0 Å². The van der Waals surface area contributed by atoms with Crippen LogP contribution in [-0.4, -0.2) is 50.7 Å². The summed E-state index contributed by atoms with van der Waals surface area (Å²) < 4.78 is 11.3. The van der Waals surface area contributed by atoms with Crippen LogP contribution in [0.1, 0.15) is 17.2 Å². The lowest BCUT2D eigenvalue weighted by Gasteiger charge is -2.29. The predicted molar refractivity (Wildman–Crippen MR) is 77.9 cm³/mol. The van der Waals surface area contributed by atoms with Gasteiger partial charge in [-0.05, 0) is 24.6 Å². The molecule has 1 aromatic carbocycles. The van der Waals surface area contributed by atoms with E-state index in [-0.39, 0.29) is 6.10 Å². The van der Waals surface area contributed by atoms with Crippen LogP contribution in [0, 0.1) is 0 Å². The van der Waals surface area contributed by atoms with Gasteiger partial charge in [-0.25, -0.2) is 0 Å². The summed E-state index contributed by atoms with van der Waals surface area (Å²) in [5.74, 6) is 0.558. The van der Waals surface area contributed by atoms with E-state index in [1.54, 1.807) is 0 Å². The van der Waals surface area contributed by atoms with Crippen molar-refractivity contribution in [3.8, 4) is 0 Å². The van der Waals surface area contributed by atoms with E-state index in [4.69, 9.17) is 21.1 Å². The summed E-state index contributed by atoms with van der Waals surface area (Å²) in [6.45, 7) is 3.97.